The maximum atomic E-state index is 2.50. The van der Waals surface area contributed by atoms with E-state index in [-0.39, 0.29) is 0 Å². The van der Waals surface area contributed by atoms with Crippen LogP contribution in [0.1, 0.15) is 47.1 Å². The minimum absolute atomic E-state index is 0.585. The Kier molecular flexibility index (Phi) is 7.93. The van der Waals surface area contributed by atoms with Crippen molar-refractivity contribution in [2.75, 3.05) is 24.5 Å². The van der Waals surface area contributed by atoms with Gasteiger partial charge in [-0.2, -0.15) is 0 Å². The van der Waals surface area contributed by atoms with Crippen LogP contribution < -0.4 is 10.4 Å². The summed E-state index contributed by atoms with van der Waals surface area (Å²) < 4.78 is 0. The van der Waals surface area contributed by atoms with Crippen LogP contribution in [0.25, 0.3) is 73.5 Å². The third-order valence-electron chi connectivity index (χ3n) is 11.2. The highest BCUT2D eigenvalue weighted by molar-refractivity contribution is 8.32. The molecule has 0 nitrogen and oxygen atoms in total. The number of hydrogen-bond acceptors (Lipinski definition) is 0. The third kappa shape index (κ3) is 5.96. The van der Waals surface area contributed by atoms with Gasteiger partial charge in [-0.05, 0) is 193 Å². The smallest absolute Gasteiger partial charge is 0.0102 e. The van der Waals surface area contributed by atoms with E-state index in [2.05, 4.69) is 146 Å². The standard InChI is InChI=1S/C49H46S/c1-50(2,3)25-24-33-26-42(39-17-16-34-10-4-5-12-36(34)28-39)31-43(27-33)40-19-18-38-30-41(21-20-37(38)29-40)48-32-49-44-13-7-6-11-35(44)22-23-47(49)45-14-8-9-15-46(45)48/h6-7,9-13,15-21,26-32H,4-5,8,14,22-25H2,1-3H3. The zero-order chi connectivity index (χ0) is 33.8. The van der Waals surface area contributed by atoms with Gasteiger partial charge in [0.25, 0.3) is 0 Å². The largest absolute Gasteiger partial charge is 0.249 e. The molecule has 0 aromatic heterocycles. The van der Waals surface area contributed by atoms with Crippen molar-refractivity contribution in [3.05, 3.63) is 147 Å². The van der Waals surface area contributed by atoms with E-state index in [0.29, 0.717) is 0 Å². The number of benzene rings is 6. The van der Waals surface area contributed by atoms with Crippen molar-refractivity contribution in [3.63, 3.8) is 0 Å². The van der Waals surface area contributed by atoms with Gasteiger partial charge in [0.05, 0.1) is 0 Å². The van der Waals surface area contributed by atoms with Gasteiger partial charge in [0.15, 0.2) is 0 Å². The third-order valence-corrected chi connectivity index (χ3v) is 12.6. The van der Waals surface area contributed by atoms with Crippen molar-refractivity contribution in [1.82, 2.24) is 0 Å². The summed E-state index contributed by atoms with van der Waals surface area (Å²) in [7, 11) is -0.585. The Hall–Kier alpha value is -4.59. The van der Waals surface area contributed by atoms with Crippen LogP contribution in [0.5, 0.6) is 0 Å². The van der Waals surface area contributed by atoms with E-state index in [1.165, 1.54) is 88.2 Å². The van der Waals surface area contributed by atoms with Gasteiger partial charge in [0.2, 0.25) is 0 Å². The molecule has 0 radical (unpaired) electrons. The summed E-state index contributed by atoms with van der Waals surface area (Å²) in [6, 6.07) is 40.1. The van der Waals surface area contributed by atoms with Crippen LogP contribution in [-0.4, -0.2) is 24.5 Å². The first kappa shape index (κ1) is 31.4. The lowest BCUT2D eigenvalue weighted by molar-refractivity contribution is 0.888. The normalized spacial score (nSPS) is 14.9. The van der Waals surface area contributed by atoms with E-state index in [4.69, 9.17) is 0 Å². The number of aryl methyl sites for hydroxylation is 2. The van der Waals surface area contributed by atoms with Crippen LogP contribution in [-0.2, 0) is 25.7 Å². The Morgan fingerprint density at radius 2 is 1.24 bits per heavy atom. The van der Waals surface area contributed by atoms with Crippen LogP contribution in [0.2, 0.25) is 0 Å². The fourth-order valence-corrected chi connectivity index (χ4v) is 9.36. The lowest BCUT2D eigenvalue weighted by Crippen LogP contribution is -2.26. The summed E-state index contributed by atoms with van der Waals surface area (Å²) in [5.41, 5.74) is 18.3. The first-order valence-electron chi connectivity index (χ1n) is 18.5. The monoisotopic (exact) mass is 666 g/mol. The average Bonchev–Trinajstić information content (AvgIpc) is 3.15. The Labute approximate surface area is 299 Å². The second-order valence-electron chi connectivity index (χ2n) is 15.5. The van der Waals surface area contributed by atoms with Gasteiger partial charge in [0.1, 0.15) is 0 Å². The van der Waals surface area contributed by atoms with E-state index in [1.807, 2.05) is 0 Å². The van der Waals surface area contributed by atoms with E-state index in [1.54, 1.807) is 11.1 Å². The van der Waals surface area contributed by atoms with Crippen molar-refractivity contribution < 1.29 is 0 Å². The van der Waals surface area contributed by atoms with Crippen molar-refractivity contribution >= 4 is 39.0 Å². The molecule has 6 aromatic rings. The fourth-order valence-electron chi connectivity index (χ4n) is 8.51. The Bertz CT molecular complexity index is 2470. The molecule has 3 aliphatic carbocycles. The molecule has 3 aliphatic rings. The molecule has 9 rings (SSSR count). The molecule has 6 aromatic carbocycles. The van der Waals surface area contributed by atoms with Gasteiger partial charge in [-0.25, -0.2) is 10.0 Å². The molecule has 0 saturated carbocycles. The zero-order valence-electron chi connectivity index (χ0n) is 29.7. The van der Waals surface area contributed by atoms with Gasteiger partial charge >= 0.3 is 0 Å². The molecule has 0 aliphatic heterocycles. The SMILES string of the molecule is CS(C)(C)CCc1cc(-c2ccc3c(c2)=CCCC=3)cc(-c2ccc3cc(-c4cc5c(c6c4C=CCC6)CCc4ccccc4-5)ccc3c2)c1. The second kappa shape index (κ2) is 12.6. The summed E-state index contributed by atoms with van der Waals surface area (Å²) in [6.45, 7) is 0. The van der Waals surface area contributed by atoms with Crippen LogP contribution in [0.3, 0.4) is 0 Å². The summed E-state index contributed by atoms with van der Waals surface area (Å²) in [4.78, 5) is 0. The number of allylic oxidation sites excluding steroid dienone is 1. The zero-order valence-corrected chi connectivity index (χ0v) is 30.5. The number of fused-ring (bicyclic) bond motifs is 7. The van der Waals surface area contributed by atoms with Gasteiger partial charge in [-0.3, -0.25) is 0 Å². The molecule has 0 unspecified atom stereocenters. The van der Waals surface area contributed by atoms with Gasteiger partial charge in [-0.15, -0.1) is 0 Å². The lowest BCUT2D eigenvalue weighted by Gasteiger charge is -2.27. The molecule has 0 saturated heterocycles. The Morgan fingerprint density at radius 3 is 2.06 bits per heavy atom. The molecule has 1 heteroatoms. The second-order valence-corrected chi connectivity index (χ2v) is 20.1. The summed E-state index contributed by atoms with van der Waals surface area (Å²) in [6.07, 6.45) is 24.8. The molecule has 0 bridgehead atoms. The van der Waals surface area contributed by atoms with Crippen molar-refractivity contribution in [1.29, 1.82) is 0 Å². The van der Waals surface area contributed by atoms with Crippen LogP contribution in [0.15, 0.2) is 109 Å². The number of hydrogen-bond donors (Lipinski definition) is 0. The maximum absolute atomic E-state index is 2.50. The van der Waals surface area contributed by atoms with Crippen molar-refractivity contribution in [2.45, 2.75) is 44.9 Å². The molecule has 0 heterocycles. The van der Waals surface area contributed by atoms with Crippen LogP contribution in [0, 0.1) is 0 Å². The summed E-state index contributed by atoms with van der Waals surface area (Å²) in [5.74, 6) is 1.25. The van der Waals surface area contributed by atoms with Crippen molar-refractivity contribution in [3.8, 4) is 44.5 Å². The first-order chi connectivity index (χ1) is 24.4. The highest BCUT2D eigenvalue weighted by Gasteiger charge is 2.24. The van der Waals surface area contributed by atoms with E-state index < -0.39 is 10.0 Å². The maximum Gasteiger partial charge on any atom is -0.0102 e. The summed E-state index contributed by atoms with van der Waals surface area (Å²) in [5, 5.41) is 5.34. The average molecular weight is 667 g/mol. The molecule has 0 atom stereocenters. The topological polar surface area (TPSA) is 0 Å². The molecule has 50 heavy (non-hydrogen) atoms. The lowest BCUT2D eigenvalue weighted by atomic mass is 9.77. The van der Waals surface area contributed by atoms with Crippen molar-refractivity contribution in [2.24, 2.45) is 0 Å². The van der Waals surface area contributed by atoms with Gasteiger partial charge in [-0.1, -0.05) is 97.1 Å². The predicted octanol–water partition coefficient (Wildman–Crippen LogP) is 11.2. The van der Waals surface area contributed by atoms with Crippen LogP contribution >= 0.6 is 10.0 Å². The van der Waals surface area contributed by atoms with Gasteiger partial charge < -0.3 is 0 Å². The fraction of sp³-hybridized carbons (Fsp3) is 0.224. The highest BCUT2D eigenvalue weighted by Crippen LogP contribution is 2.44. The molecular weight excluding hydrogens is 621 g/mol. The first-order valence-corrected chi connectivity index (χ1v) is 21.5. The Balaban J connectivity index is 1.12. The van der Waals surface area contributed by atoms with Crippen LogP contribution in [0.4, 0.5) is 0 Å². The quantitative estimate of drug-likeness (QED) is 0.166. The highest BCUT2D eigenvalue weighted by atomic mass is 32.3. The molecular formula is C49H46S. The van der Waals surface area contributed by atoms with E-state index in [0.717, 1.165) is 44.9 Å². The molecule has 0 spiro atoms. The molecule has 0 fully saturated rings. The van der Waals surface area contributed by atoms with E-state index >= 15 is 0 Å². The summed E-state index contributed by atoms with van der Waals surface area (Å²) >= 11 is 0. The van der Waals surface area contributed by atoms with E-state index in [9.17, 15) is 0 Å². The number of rotatable bonds is 6. The minimum Gasteiger partial charge on any atom is -0.249 e. The molecule has 0 N–H and O–H groups in total. The molecule has 248 valence electrons. The van der Waals surface area contributed by atoms with Gasteiger partial charge in [0, 0.05) is 0 Å². The molecule has 0 amide bonds. The minimum atomic E-state index is -0.585. The predicted molar refractivity (Wildman–Crippen MR) is 222 cm³/mol. The Morgan fingerprint density at radius 1 is 0.520 bits per heavy atom.